The number of amides is 3. The summed E-state index contributed by atoms with van der Waals surface area (Å²) in [6.45, 7) is 1.48. The van der Waals surface area contributed by atoms with Crippen molar-refractivity contribution in [2.75, 3.05) is 6.54 Å². The molecule has 3 unspecified atom stereocenters. The first-order chi connectivity index (χ1) is 14.9. The lowest BCUT2D eigenvalue weighted by Gasteiger charge is -2.43. The van der Waals surface area contributed by atoms with Crippen molar-refractivity contribution in [1.82, 2.24) is 15.1 Å². The third-order valence-corrected chi connectivity index (χ3v) is 5.78. The highest BCUT2D eigenvalue weighted by molar-refractivity contribution is 6.33. The second-order valence-electron chi connectivity index (χ2n) is 7.38. The summed E-state index contributed by atoms with van der Waals surface area (Å²) in [5, 5.41) is 2.93. The van der Waals surface area contributed by atoms with Crippen molar-refractivity contribution in [3.05, 3.63) is 70.7 Å². The van der Waals surface area contributed by atoms with E-state index in [0.29, 0.717) is 0 Å². The van der Waals surface area contributed by atoms with E-state index in [0.717, 1.165) is 5.56 Å². The monoisotopic (exact) mass is 441 g/mol. The van der Waals surface area contributed by atoms with Crippen LogP contribution in [-0.4, -0.2) is 58.3 Å². The number of β-lactam (4-membered cyclic amide) rings is 1. The van der Waals surface area contributed by atoms with Gasteiger partial charge in [-0.2, -0.15) is 0 Å². The van der Waals surface area contributed by atoms with E-state index in [9.17, 15) is 19.2 Å². The van der Waals surface area contributed by atoms with E-state index in [2.05, 4.69) is 5.32 Å². The Morgan fingerprint density at radius 1 is 1.10 bits per heavy atom. The molecule has 3 amide bonds. The number of rotatable bonds is 5. The lowest BCUT2D eigenvalue weighted by atomic mass is 9.96. The molecule has 0 spiro atoms. The number of nitrogens with zero attached hydrogens (tertiary/aromatic N) is 2. The minimum absolute atomic E-state index is 0.0291. The second kappa shape index (κ2) is 8.39. The van der Waals surface area contributed by atoms with Gasteiger partial charge in [0.25, 0.3) is 5.91 Å². The molecule has 0 aliphatic carbocycles. The first kappa shape index (κ1) is 20.9. The minimum atomic E-state index is -1.15. The zero-order chi connectivity index (χ0) is 22.1. The summed E-state index contributed by atoms with van der Waals surface area (Å²) in [5.41, 5.74) is 1.04. The molecule has 160 valence electrons. The average molecular weight is 442 g/mol. The maximum absolute atomic E-state index is 12.8. The summed E-state index contributed by atoms with van der Waals surface area (Å²) in [4.78, 5) is 52.8. The number of benzene rings is 2. The van der Waals surface area contributed by atoms with E-state index in [1.165, 1.54) is 16.7 Å². The van der Waals surface area contributed by atoms with Crippen molar-refractivity contribution in [3.63, 3.8) is 0 Å². The fourth-order valence-corrected chi connectivity index (χ4v) is 4.10. The number of esters is 1. The number of carbonyl (C=O) groups is 4. The third kappa shape index (κ3) is 3.86. The molecule has 4 rings (SSSR count). The van der Waals surface area contributed by atoms with Gasteiger partial charge in [-0.05, 0) is 17.7 Å². The Balaban J connectivity index is 1.46. The van der Waals surface area contributed by atoms with Crippen LogP contribution in [0.2, 0.25) is 5.02 Å². The van der Waals surface area contributed by atoms with Crippen molar-refractivity contribution in [2.45, 2.75) is 31.8 Å². The zero-order valence-corrected chi connectivity index (χ0v) is 17.4. The Hall–Kier alpha value is -3.39. The highest BCUT2D eigenvalue weighted by Crippen LogP contribution is 2.33. The third-order valence-electron chi connectivity index (χ3n) is 5.45. The molecule has 2 saturated heterocycles. The molecule has 3 atom stereocenters. The molecular weight excluding hydrogens is 422 g/mol. The van der Waals surface area contributed by atoms with E-state index < -0.39 is 36.0 Å². The van der Waals surface area contributed by atoms with Gasteiger partial charge in [-0.25, -0.2) is 4.79 Å². The molecular formula is C22H20ClN3O5. The zero-order valence-electron chi connectivity index (χ0n) is 16.7. The van der Waals surface area contributed by atoms with Gasteiger partial charge >= 0.3 is 5.97 Å². The second-order valence-corrected chi connectivity index (χ2v) is 7.79. The van der Waals surface area contributed by atoms with Crippen molar-refractivity contribution in [1.29, 1.82) is 0 Å². The first-order valence-electron chi connectivity index (χ1n) is 9.74. The standard InChI is InChI=1S/C22H20ClN3O5/c1-13(27)25-11-17-18(24-19(28)15-9-5-6-10-16(15)23)21(29)26(17)20(25)22(30)31-12-14-7-3-2-4-8-14/h2-10,17-18,20H,11-12H2,1H3,(H,24,28). The van der Waals surface area contributed by atoms with E-state index >= 15 is 0 Å². The van der Waals surface area contributed by atoms with Crippen LogP contribution in [-0.2, 0) is 25.7 Å². The number of carbonyl (C=O) groups excluding carboxylic acids is 4. The number of hydrogen-bond acceptors (Lipinski definition) is 5. The predicted octanol–water partition coefficient (Wildman–Crippen LogP) is 1.58. The lowest BCUT2D eigenvalue weighted by molar-refractivity contribution is -0.169. The summed E-state index contributed by atoms with van der Waals surface area (Å²) >= 11 is 6.06. The van der Waals surface area contributed by atoms with Gasteiger partial charge in [-0.1, -0.05) is 54.1 Å². The fraction of sp³-hybridized carbons (Fsp3) is 0.273. The highest BCUT2D eigenvalue weighted by atomic mass is 35.5. The molecule has 2 heterocycles. The van der Waals surface area contributed by atoms with Crippen LogP contribution in [0.25, 0.3) is 0 Å². The quantitative estimate of drug-likeness (QED) is 0.561. The molecule has 2 fully saturated rings. The number of ether oxygens (including phenoxy) is 1. The van der Waals surface area contributed by atoms with Crippen LogP contribution >= 0.6 is 11.6 Å². The molecule has 1 N–H and O–H groups in total. The maximum atomic E-state index is 12.8. The predicted molar refractivity (Wildman–Crippen MR) is 111 cm³/mol. The van der Waals surface area contributed by atoms with Gasteiger partial charge in [0.2, 0.25) is 18.0 Å². The molecule has 8 nitrogen and oxygen atoms in total. The van der Waals surface area contributed by atoms with Gasteiger partial charge in [0.1, 0.15) is 12.6 Å². The topological polar surface area (TPSA) is 96.0 Å². The van der Waals surface area contributed by atoms with Gasteiger partial charge in [0.15, 0.2) is 0 Å². The molecule has 0 radical (unpaired) electrons. The minimum Gasteiger partial charge on any atom is -0.458 e. The van der Waals surface area contributed by atoms with Crippen LogP contribution in [0.4, 0.5) is 0 Å². The van der Waals surface area contributed by atoms with E-state index in [4.69, 9.17) is 16.3 Å². The van der Waals surface area contributed by atoms with Gasteiger partial charge in [-0.3, -0.25) is 14.4 Å². The molecule has 2 aliphatic rings. The van der Waals surface area contributed by atoms with Crippen molar-refractivity contribution in [2.24, 2.45) is 0 Å². The summed E-state index contributed by atoms with van der Waals surface area (Å²) < 4.78 is 5.36. The van der Waals surface area contributed by atoms with Crippen LogP contribution in [0.3, 0.4) is 0 Å². The Morgan fingerprint density at radius 2 is 1.77 bits per heavy atom. The Bertz CT molecular complexity index is 1040. The highest BCUT2D eigenvalue weighted by Gasteiger charge is 2.61. The molecule has 0 aromatic heterocycles. The Kier molecular flexibility index (Phi) is 5.65. The Morgan fingerprint density at radius 3 is 2.45 bits per heavy atom. The molecule has 2 aromatic carbocycles. The maximum Gasteiger partial charge on any atom is 0.350 e. The fourth-order valence-electron chi connectivity index (χ4n) is 3.88. The molecule has 9 heteroatoms. The van der Waals surface area contributed by atoms with Crippen molar-refractivity contribution in [3.8, 4) is 0 Å². The SMILES string of the molecule is CC(=O)N1CC2C(NC(=O)c3ccccc3Cl)C(=O)N2C1C(=O)OCc1ccccc1. The van der Waals surface area contributed by atoms with Crippen LogP contribution in [0.1, 0.15) is 22.8 Å². The molecule has 0 saturated carbocycles. The van der Waals surface area contributed by atoms with Crippen molar-refractivity contribution >= 4 is 35.3 Å². The van der Waals surface area contributed by atoms with Crippen LogP contribution < -0.4 is 5.32 Å². The van der Waals surface area contributed by atoms with Crippen LogP contribution in [0.15, 0.2) is 54.6 Å². The smallest absolute Gasteiger partial charge is 0.350 e. The van der Waals surface area contributed by atoms with Gasteiger partial charge in [0.05, 0.1) is 16.6 Å². The van der Waals surface area contributed by atoms with E-state index in [1.807, 2.05) is 30.3 Å². The van der Waals surface area contributed by atoms with Crippen LogP contribution in [0.5, 0.6) is 0 Å². The lowest BCUT2D eigenvalue weighted by Crippen LogP contribution is -2.71. The normalized spacial score (nSPS) is 21.9. The summed E-state index contributed by atoms with van der Waals surface area (Å²) in [6, 6.07) is 14.2. The van der Waals surface area contributed by atoms with Gasteiger partial charge < -0.3 is 19.9 Å². The number of nitrogens with one attached hydrogen (secondary N) is 1. The van der Waals surface area contributed by atoms with Crippen molar-refractivity contribution < 1.29 is 23.9 Å². The number of halogens is 1. The van der Waals surface area contributed by atoms with Gasteiger partial charge in [0, 0.05) is 13.5 Å². The summed E-state index contributed by atoms with van der Waals surface area (Å²) in [7, 11) is 0. The Labute approximate surface area is 183 Å². The molecule has 0 bridgehead atoms. The number of hydrogen-bond donors (Lipinski definition) is 1. The average Bonchev–Trinajstić information content (AvgIpc) is 3.13. The van der Waals surface area contributed by atoms with Crippen LogP contribution in [0, 0.1) is 0 Å². The van der Waals surface area contributed by atoms with E-state index in [-0.39, 0.29) is 29.6 Å². The summed E-state index contributed by atoms with van der Waals surface area (Å²) in [5.74, 6) is -1.99. The molecule has 2 aliphatic heterocycles. The largest absolute Gasteiger partial charge is 0.458 e. The summed E-state index contributed by atoms with van der Waals surface area (Å²) in [6.07, 6.45) is -1.15. The first-order valence-corrected chi connectivity index (χ1v) is 10.1. The molecule has 31 heavy (non-hydrogen) atoms. The van der Waals surface area contributed by atoms with Gasteiger partial charge in [-0.15, -0.1) is 0 Å². The number of fused-ring (bicyclic) bond motifs is 1. The van der Waals surface area contributed by atoms with E-state index in [1.54, 1.807) is 24.3 Å². The molecule has 2 aromatic rings.